The molecule has 3 nitrogen and oxygen atoms in total. The Morgan fingerprint density at radius 3 is 2.39 bits per heavy atom. The number of nitrogens with zero attached hydrogens (tertiary/aromatic N) is 2. The third-order valence-corrected chi connectivity index (χ3v) is 4.10. The standard InChI is InChI=1S/C19H21FN2O/c1-5-15-10-11-16-17(13-6-8-14(20)9-7-13)19(23-4)18(12(2)3)21-22(15)16/h6-12H,5H2,1-4H3. The van der Waals surface area contributed by atoms with Gasteiger partial charge in [-0.2, -0.15) is 5.10 Å². The zero-order valence-electron chi connectivity index (χ0n) is 13.9. The van der Waals surface area contributed by atoms with Crippen molar-refractivity contribution in [3.05, 3.63) is 53.6 Å². The lowest BCUT2D eigenvalue weighted by atomic mass is 10.00. The zero-order chi connectivity index (χ0) is 16.6. The first kappa shape index (κ1) is 15.5. The van der Waals surface area contributed by atoms with Crippen LogP contribution in [0.2, 0.25) is 0 Å². The smallest absolute Gasteiger partial charge is 0.152 e. The Hall–Kier alpha value is -2.36. The van der Waals surface area contributed by atoms with Crippen molar-refractivity contribution in [3.8, 4) is 16.9 Å². The fraction of sp³-hybridized carbons (Fsp3) is 0.316. The molecular weight excluding hydrogens is 291 g/mol. The van der Waals surface area contributed by atoms with E-state index in [9.17, 15) is 4.39 Å². The maximum atomic E-state index is 13.3. The fourth-order valence-electron chi connectivity index (χ4n) is 2.92. The molecule has 0 saturated heterocycles. The van der Waals surface area contributed by atoms with Gasteiger partial charge in [0.1, 0.15) is 11.5 Å². The molecular formula is C19H21FN2O. The maximum Gasteiger partial charge on any atom is 0.152 e. The molecule has 0 fully saturated rings. The molecule has 0 unspecified atom stereocenters. The summed E-state index contributed by atoms with van der Waals surface area (Å²) < 4.78 is 21.0. The van der Waals surface area contributed by atoms with E-state index in [-0.39, 0.29) is 11.7 Å². The largest absolute Gasteiger partial charge is 0.494 e. The molecule has 4 heteroatoms. The van der Waals surface area contributed by atoms with Crippen molar-refractivity contribution in [3.63, 3.8) is 0 Å². The molecule has 2 heterocycles. The van der Waals surface area contributed by atoms with Crippen molar-refractivity contribution in [1.82, 2.24) is 9.61 Å². The molecule has 0 saturated carbocycles. The molecule has 0 atom stereocenters. The van der Waals surface area contributed by atoms with Gasteiger partial charge >= 0.3 is 0 Å². The number of aryl methyl sites for hydroxylation is 1. The van der Waals surface area contributed by atoms with E-state index in [1.54, 1.807) is 19.2 Å². The van der Waals surface area contributed by atoms with Crippen LogP contribution in [0.25, 0.3) is 16.6 Å². The van der Waals surface area contributed by atoms with Crippen LogP contribution >= 0.6 is 0 Å². The van der Waals surface area contributed by atoms with E-state index in [0.717, 1.165) is 40.2 Å². The van der Waals surface area contributed by atoms with E-state index in [0.29, 0.717) is 0 Å². The molecule has 1 aromatic carbocycles. The van der Waals surface area contributed by atoms with Crippen molar-refractivity contribution in [2.24, 2.45) is 0 Å². The number of rotatable bonds is 4. The van der Waals surface area contributed by atoms with Gasteiger partial charge in [-0.15, -0.1) is 0 Å². The lowest BCUT2D eigenvalue weighted by molar-refractivity contribution is 0.404. The van der Waals surface area contributed by atoms with Gasteiger partial charge in [0.25, 0.3) is 0 Å². The number of hydrogen-bond acceptors (Lipinski definition) is 2. The Morgan fingerprint density at radius 1 is 1.13 bits per heavy atom. The number of aromatic nitrogens is 2. The summed E-state index contributed by atoms with van der Waals surface area (Å²) >= 11 is 0. The van der Waals surface area contributed by atoms with Gasteiger partial charge in [-0.1, -0.05) is 32.9 Å². The second-order valence-corrected chi connectivity index (χ2v) is 5.93. The van der Waals surface area contributed by atoms with Crippen molar-refractivity contribution in [1.29, 1.82) is 0 Å². The van der Waals surface area contributed by atoms with Crippen LogP contribution in [0, 0.1) is 5.82 Å². The Labute approximate surface area is 135 Å². The monoisotopic (exact) mass is 312 g/mol. The zero-order valence-corrected chi connectivity index (χ0v) is 13.9. The minimum Gasteiger partial charge on any atom is -0.494 e. The minimum atomic E-state index is -0.244. The Balaban J connectivity index is 2.40. The van der Waals surface area contributed by atoms with Crippen LogP contribution in [0.15, 0.2) is 36.4 Å². The van der Waals surface area contributed by atoms with E-state index in [4.69, 9.17) is 9.84 Å². The molecule has 0 radical (unpaired) electrons. The predicted octanol–water partition coefficient (Wildman–Crippen LogP) is 4.83. The third kappa shape index (κ3) is 2.58. The first-order chi connectivity index (χ1) is 11.1. The Morgan fingerprint density at radius 2 is 1.83 bits per heavy atom. The van der Waals surface area contributed by atoms with E-state index < -0.39 is 0 Å². The number of halogens is 1. The number of benzene rings is 1. The molecule has 0 spiro atoms. The quantitative estimate of drug-likeness (QED) is 0.689. The molecule has 0 aliphatic heterocycles. The SMILES string of the molecule is CCc1ccc2c(-c3ccc(F)cc3)c(OC)c(C(C)C)nn12. The van der Waals surface area contributed by atoms with Crippen molar-refractivity contribution in [2.75, 3.05) is 7.11 Å². The van der Waals surface area contributed by atoms with Crippen LogP contribution in [0.3, 0.4) is 0 Å². The summed E-state index contributed by atoms with van der Waals surface area (Å²) in [6.07, 6.45) is 0.897. The van der Waals surface area contributed by atoms with Gasteiger partial charge in [0, 0.05) is 11.6 Å². The van der Waals surface area contributed by atoms with Gasteiger partial charge in [-0.3, -0.25) is 0 Å². The molecule has 120 valence electrons. The molecule has 0 aliphatic carbocycles. The third-order valence-electron chi connectivity index (χ3n) is 4.10. The highest BCUT2D eigenvalue weighted by atomic mass is 19.1. The Kier molecular flexibility index (Phi) is 4.07. The van der Waals surface area contributed by atoms with Gasteiger partial charge in [0.05, 0.1) is 18.2 Å². The van der Waals surface area contributed by atoms with Gasteiger partial charge in [0.15, 0.2) is 5.75 Å². The van der Waals surface area contributed by atoms with Crippen LogP contribution in [0.5, 0.6) is 5.75 Å². The summed E-state index contributed by atoms with van der Waals surface area (Å²) in [4.78, 5) is 0. The van der Waals surface area contributed by atoms with Crippen LogP contribution in [-0.4, -0.2) is 16.7 Å². The van der Waals surface area contributed by atoms with Gasteiger partial charge < -0.3 is 4.74 Å². The first-order valence-electron chi connectivity index (χ1n) is 7.91. The molecule has 2 aromatic heterocycles. The normalized spacial score (nSPS) is 11.4. The van der Waals surface area contributed by atoms with E-state index in [2.05, 4.69) is 32.9 Å². The minimum absolute atomic E-state index is 0.223. The molecule has 0 amide bonds. The molecule has 3 aromatic rings. The number of methoxy groups -OCH3 is 1. The molecule has 0 bridgehead atoms. The topological polar surface area (TPSA) is 26.5 Å². The highest BCUT2D eigenvalue weighted by Gasteiger charge is 2.21. The summed E-state index contributed by atoms with van der Waals surface area (Å²) in [5, 5.41) is 4.80. The number of ether oxygens (including phenoxy) is 1. The second-order valence-electron chi connectivity index (χ2n) is 5.93. The molecule has 0 aliphatic rings. The van der Waals surface area contributed by atoms with Crippen LogP contribution in [0.1, 0.15) is 38.1 Å². The lowest BCUT2D eigenvalue weighted by Gasteiger charge is -2.18. The lowest BCUT2D eigenvalue weighted by Crippen LogP contribution is -2.07. The second kappa shape index (κ2) is 6.03. The predicted molar refractivity (Wildman–Crippen MR) is 90.6 cm³/mol. The van der Waals surface area contributed by atoms with E-state index in [1.165, 1.54) is 12.1 Å². The average Bonchev–Trinajstić information content (AvgIpc) is 2.96. The highest BCUT2D eigenvalue weighted by Crippen LogP contribution is 2.39. The molecule has 23 heavy (non-hydrogen) atoms. The number of fused-ring (bicyclic) bond motifs is 1. The molecule has 3 rings (SSSR count). The van der Waals surface area contributed by atoms with Gasteiger partial charge in [-0.25, -0.2) is 8.91 Å². The Bertz CT molecular complexity index is 835. The first-order valence-corrected chi connectivity index (χ1v) is 7.91. The maximum absolute atomic E-state index is 13.3. The molecule has 0 N–H and O–H groups in total. The van der Waals surface area contributed by atoms with Gasteiger partial charge in [-0.05, 0) is 36.2 Å². The summed E-state index contributed by atoms with van der Waals surface area (Å²) in [6, 6.07) is 10.7. The van der Waals surface area contributed by atoms with Crippen LogP contribution in [0.4, 0.5) is 4.39 Å². The van der Waals surface area contributed by atoms with Crippen molar-refractivity contribution < 1.29 is 9.13 Å². The summed E-state index contributed by atoms with van der Waals surface area (Å²) in [5.74, 6) is 0.743. The van der Waals surface area contributed by atoms with Gasteiger partial charge in [0.2, 0.25) is 0 Å². The summed E-state index contributed by atoms with van der Waals surface area (Å²) in [7, 11) is 1.66. The fourth-order valence-corrected chi connectivity index (χ4v) is 2.92. The van der Waals surface area contributed by atoms with Crippen LogP contribution in [-0.2, 0) is 6.42 Å². The van der Waals surface area contributed by atoms with Crippen molar-refractivity contribution >= 4 is 5.52 Å². The number of hydrogen-bond donors (Lipinski definition) is 0. The average molecular weight is 312 g/mol. The summed E-state index contributed by atoms with van der Waals surface area (Å²) in [6.45, 7) is 6.31. The van der Waals surface area contributed by atoms with Crippen molar-refractivity contribution in [2.45, 2.75) is 33.1 Å². The van der Waals surface area contributed by atoms with Crippen LogP contribution < -0.4 is 4.74 Å². The summed E-state index contributed by atoms with van der Waals surface area (Å²) in [5.41, 5.74) is 4.93. The highest BCUT2D eigenvalue weighted by molar-refractivity contribution is 5.86. The van der Waals surface area contributed by atoms with E-state index in [1.807, 2.05) is 4.52 Å². The van der Waals surface area contributed by atoms with E-state index >= 15 is 0 Å².